The molecule has 164 valence electrons. The van der Waals surface area contributed by atoms with E-state index in [0.717, 1.165) is 29.8 Å². The van der Waals surface area contributed by atoms with E-state index in [1.807, 2.05) is 59.5 Å². The van der Waals surface area contributed by atoms with E-state index in [2.05, 4.69) is 24.4 Å². The average Bonchev–Trinajstić information content (AvgIpc) is 2.81. The molecule has 1 heterocycles. The van der Waals surface area contributed by atoms with Crippen LogP contribution in [0.15, 0.2) is 78.9 Å². The molecule has 0 aromatic heterocycles. The first-order valence-corrected chi connectivity index (χ1v) is 10.8. The van der Waals surface area contributed by atoms with E-state index < -0.39 is 6.09 Å². The second-order valence-corrected chi connectivity index (χ2v) is 7.87. The average molecular weight is 430 g/mol. The largest absolute Gasteiger partial charge is 0.444 e. The Morgan fingerprint density at radius 1 is 0.969 bits per heavy atom. The third-order valence-corrected chi connectivity index (χ3v) is 5.55. The number of hydrogen-bond acceptors (Lipinski definition) is 3. The topological polar surface area (TPSA) is 61.9 Å². The zero-order valence-electron chi connectivity index (χ0n) is 18.2. The van der Waals surface area contributed by atoms with Crippen molar-refractivity contribution in [1.29, 1.82) is 0 Å². The highest BCUT2D eigenvalue weighted by atomic mass is 16.5. The number of ether oxygens (including phenoxy) is 1. The zero-order chi connectivity index (χ0) is 22.3. The SMILES string of the molecule is Cc1ccccc1CN1CCCN(c2cccc(NC(=O)OCc3ccccc3)c2)C1=O. The normalized spacial score (nSPS) is 13.7. The lowest BCUT2D eigenvalue weighted by atomic mass is 10.1. The van der Waals surface area contributed by atoms with Gasteiger partial charge in [0.25, 0.3) is 0 Å². The summed E-state index contributed by atoms with van der Waals surface area (Å²) in [6, 6.07) is 24.9. The molecule has 3 aromatic carbocycles. The molecular formula is C26H27N3O3. The van der Waals surface area contributed by atoms with Crippen LogP contribution in [0.25, 0.3) is 0 Å². The monoisotopic (exact) mass is 429 g/mol. The predicted molar refractivity (Wildman–Crippen MR) is 126 cm³/mol. The molecule has 1 aliphatic heterocycles. The Hall–Kier alpha value is -3.80. The molecule has 1 fully saturated rings. The van der Waals surface area contributed by atoms with Crippen molar-refractivity contribution in [3.05, 3.63) is 95.6 Å². The first kappa shape index (κ1) is 21.4. The van der Waals surface area contributed by atoms with Crippen LogP contribution in [0.2, 0.25) is 0 Å². The van der Waals surface area contributed by atoms with Crippen molar-refractivity contribution in [2.45, 2.75) is 26.5 Å². The van der Waals surface area contributed by atoms with Crippen molar-refractivity contribution < 1.29 is 14.3 Å². The molecule has 3 amide bonds. The lowest BCUT2D eigenvalue weighted by Crippen LogP contribution is -2.49. The minimum Gasteiger partial charge on any atom is -0.444 e. The minimum atomic E-state index is -0.530. The van der Waals surface area contributed by atoms with E-state index in [1.54, 1.807) is 17.0 Å². The maximum atomic E-state index is 13.2. The fraction of sp³-hybridized carbons (Fsp3) is 0.231. The van der Waals surface area contributed by atoms with Crippen LogP contribution >= 0.6 is 0 Å². The van der Waals surface area contributed by atoms with Gasteiger partial charge in [0, 0.05) is 31.0 Å². The second kappa shape index (κ2) is 10.0. The van der Waals surface area contributed by atoms with Gasteiger partial charge in [0.1, 0.15) is 6.61 Å². The number of benzene rings is 3. The fourth-order valence-electron chi connectivity index (χ4n) is 3.79. The Morgan fingerprint density at radius 3 is 2.56 bits per heavy atom. The van der Waals surface area contributed by atoms with Gasteiger partial charge in [0.05, 0.1) is 0 Å². The Labute approximate surface area is 188 Å². The number of amides is 3. The van der Waals surface area contributed by atoms with E-state index in [9.17, 15) is 9.59 Å². The van der Waals surface area contributed by atoms with Crippen LogP contribution in [0, 0.1) is 6.92 Å². The van der Waals surface area contributed by atoms with Crippen molar-refractivity contribution in [3.63, 3.8) is 0 Å². The summed E-state index contributed by atoms with van der Waals surface area (Å²) in [6.45, 7) is 4.22. The van der Waals surface area contributed by atoms with Crippen molar-refractivity contribution in [3.8, 4) is 0 Å². The van der Waals surface area contributed by atoms with Gasteiger partial charge in [-0.2, -0.15) is 0 Å². The first-order valence-electron chi connectivity index (χ1n) is 10.8. The van der Waals surface area contributed by atoms with Crippen LogP contribution in [-0.2, 0) is 17.9 Å². The lowest BCUT2D eigenvalue weighted by Gasteiger charge is -2.36. The highest BCUT2D eigenvalue weighted by Crippen LogP contribution is 2.25. The summed E-state index contributed by atoms with van der Waals surface area (Å²) >= 11 is 0. The summed E-state index contributed by atoms with van der Waals surface area (Å²) in [7, 11) is 0. The summed E-state index contributed by atoms with van der Waals surface area (Å²) < 4.78 is 5.29. The van der Waals surface area contributed by atoms with E-state index >= 15 is 0 Å². The molecule has 1 aliphatic rings. The standard InChI is InChI=1S/C26H27N3O3/c1-20-9-5-6-12-22(20)18-28-15-8-16-29(26(28)31)24-14-7-13-23(17-24)27-25(30)32-19-21-10-3-2-4-11-21/h2-7,9-14,17H,8,15-16,18-19H2,1H3,(H,27,30). The van der Waals surface area contributed by atoms with Gasteiger partial charge in [-0.25, -0.2) is 9.59 Å². The molecule has 6 nitrogen and oxygen atoms in total. The van der Waals surface area contributed by atoms with Crippen molar-refractivity contribution >= 4 is 23.5 Å². The molecular weight excluding hydrogens is 402 g/mol. The highest BCUT2D eigenvalue weighted by Gasteiger charge is 2.27. The number of urea groups is 1. The number of nitrogens with one attached hydrogen (secondary N) is 1. The van der Waals surface area contributed by atoms with E-state index in [-0.39, 0.29) is 12.6 Å². The second-order valence-electron chi connectivity index (χ2n) is 7.87. The van der Waals surface area contributed by atoms with Crippen LogP contribution in [0.4, 0.5) is 21.0 Å². The molecule has 0 radical (unpaired) electrons. The number of rotatable bonds is 6. The van der Waals surface area contributed by atoms with E-state index in [4.69, 9.17) is 4.74 Å². The Bertz CT molecular complexity index is 1080. The van der Waals surface area contributed by atoms with E-state index in [1.165, 1.54) is 5.56 Å². The van der Waals surface area contributed by atoms with Gasteiger partial charge in [-0.05, 0) is 48.2 Å². The molecule has 0 atom stereocenters. The molecule has 3 aromatic rings. The van der Waals surface area contributed by atoms with Crippen LogP contribution < -0.4 is 10.2 Å². The number of hydrogen-bond donors (Lipinski definition) is 1. The summed E-state index contributed by atoms with van der Waals surface area (Å²) in [5, 5.41) is 2.75. The van der Waals surface area contributed by atoms with Crippen molar-refractivity contribution in [2.75, 3.05) is 23.3 Å². The lowest BCUT2D eigenvalue weighted by molar-refractivity contribution is 0.155. The molecule has 6 heteroatoms. The quantitative estimate of drug-likeness (QED) is 0.557. The van der Waals surface area contributed by atoms with E-state index in [0.29, 0.717) is 18.8 Å². The van der Waals surface area contributed by atoms with Crippen LogP contribution in [-0.4, -0.2) is 30.1 Å². The third kappa shape index (κ3) is 5.27. The Balaban J connectivity index is 1.40. The van der Waals surface area contributed by atoms with Crippen molar-refractivity contribution in [2.24, 2.45) is 0 Å². The first-order chi connectivity index (χ1) is 15.6. The molecule has 32 heavy (non-hydrogen) atoms. The summed E-state index contributed by atoms with van der Waals surface area (Å²) in [5.74, 6) is 0. The van der Waals surface area contributed by atoms with Crippen LogP contribution in [0.5, 0.6) is 0 Å². The smallest absolute Gasteiger partial charge is 0.411 e. The molecule has 1 N–H and O–H groups in total. The van der Waals surface area contributed by atoms with Gasteiger partial charge in [-0.3, -0.25) is 10.2 Å². The maximum absolute atomic E-state index is 13.2. The summed E-state index contributed by atoms with van der Waals surface area (Å²) in [5.41, 5.74) is 4.59. The number of nitrogens with zero attached hydrogens (tertiary/aromatic N) is 2. The molecule has 4 rings (SSSR count). The van der Waals surface area contributed by atoms with Crippen LogP contribution in [0.3, 0.4) is 0 Å². The van der Waals surface area contributed by atoms with Gasteiger partial charge in [0.2, 0.25) is 0 Å². The Kier molecular flexibility index (Phi) is 6.70. The molecule has 0 saturated carbocycles. The van der Waals surface area contributed by atoms with Crippen LogP contribution in [0.1, 0.15) is 23.1 Å². The Morgan fingerprint density at radius 2 is 1.75 bits per heavy atom. The third-order valence-electron chi connectivity index (χ3n) is 5.55. The van der Waals surface area contributed by atoms with Gasteiger partial charge < -0.3 is 9.64 Å². The molecule has 0 spiro atoms. The number of carbonyl (C=O) groups is 2. The fourth-order valence-corrected chi connectivity index (χ4v) is 3.79. The summed E-state index contributed by atoms with van der Waals surface area (Å²) in [6.07, 6.45) is 0.353. The molecule has 0 unspecified atom stereocenters. The number of carbonyl (C=O) groups excluding carboxylic acids is 2. The zero-order valence-corrected chi connectivity index (χ0v) is 18.2. The summed E-state index contributed by atoms with van der Waals surface area (Å²) in [4.78, 5) is 29.0. The number of aryl methyl sites for hydroxylation is 1. The van der Waals surface area contributed by atoms with Crippen molar-refractivity contribution in [1.82, 2.24) is 4.90 Å². The molecule has 1 saturated heterocycles. The van der Waals surface area contributed by atoms with Gasteiger partial charge in [-0.15, -0.1) is 0 Å². The minimum absolute atomic E-state index is 0.0247. The maximum Gasteiger partial charge on any atom is 0.411 e. The predicted octanol–water partition coefficient (Wildman–Crippen LogP) is 5.58. The highest BCUT2D eigenvalue weighted by molar-refractivity contribution is 5.94. The van der Waals surface area contributed by atoms with Gasteiger partial charge >= 0.3 is 12.1 Å². The molecule has 0 bridgehead atoms. The van der Waals surface area contributed by atoms with Gasteiger partial charge in [0.15, 0.2) is 0 Å². The van der Waals surface area contributed by atoms with Gasteiger partial charge in [-0.1, -0.05) is 60.7 Å². The molecule has 0 aliphatic carbocycles. The number of anilines is 2.